The average molecular weight is 281 g/mol. The van der Waals surface area contributed by atoms with Gasteiger partial charge in [0.15, 0.2) is 0 Å². The Labute approximate surface area is 114 Å². The van der Waals surface area contributed by atoms with Crippen LogP contribution < -0.4 is 9.47 Å². The van der Waals surface area contributed by atoms with E-state index in [9.17, 15) is 13.2 Å². The zero-order chi connectivity index (χ0) is 14.6. The molecule has 0 aliphatic rings. The number of hydrogen-bond donors (Lipinski definition) is 0. The molecule has 0 saturated heterocycles. The van der Waals surface area contributed by atoms with Gasteiger partial charge in [-0.1, -0.05) is 0 Å². The van der Waals surface area contributed by atoms with Gasteiger partial charge in [0.25, 0.3) is 0 Å². The van der Waals surface area contributed by atoms with Gasteiger partial charge in [0, 0.05) is 6.07 Å². The normalized spacial score (nSPS) is 11.2. The molecule has 0 amide bonds. The predicted molar refractivity (Wildman–Crippen MR) is 68.0 cm³/mol. The van der Waals surface area contributed by atoms with Crippen LogP contribution in [0.25, 0.3) is 0 Å². The lowest BCUT2D eigenvalue weighted by atomic mass is 10.2. The van der Waals surface area contributed by atoms with Gasteiger partial charge in [0.1, 0.15) is 17.2 Å². The van der Waals surface area contributed by atoms with Crippen LogP contribution in [0.1, 0.15) is 12.5 Å². The van der Waals surface area contributed by atoms with E-state index < -0.39 is 11.7 Å². The van der Waals surface area contributed by atoms with Gasteiger partial charge in [-0.05, 0) is 49.4 Å². The predicted octanol–water partition coefficient (Wildman–Crippen LogP) is 4.70. The molecule has 2 nitrogen and oxygen atoms in total. The molecule has 0 fully saturated rings. The molecule has 0 N–H and O–H groups in total. The first kappa shape index (κ1) is 14.2. The molecule has 0 heterocycles. The Bertz CT molecular complexity index is 545. The zero-order valence-electron chi connectivity index (χ0n) is 10.7. The van der Waals surface area contributed by atoms with Crippen molar-refractivity contribution in [2.45, 2.75) is 13.1 Å². The van der Waals surface area contributed by atoms with Crippen molar-refractivity contribution in [2.24, 2.45) is 0 Å². The smallest absolute Gasteiger partial charge is 0.416 e. The molecule has 0 bridgehead atoms. The zero-order valence-corrected chi connectivity index (χ0v) is 10.7. The maximum atomic E-state index is 12.4. The van der Waals surface area contributed by atoms with Gasteiger partial charge in [-0.3, -0.25) is 0 Å². The fourth-order valence-corrected chi connectivity index (χ4v) is 1.55. The largest absolute Gasteiger partial charge is 0.494 e. The molecule has 2 aromatic rings. The van der Waals surface area contributed by atoms with Crippen LogP contribution in [0.3, 0.4) is 0 Å². The highest BCUT2D eigenvalue weighted by Crippen LogP contribution is 2.31. The Hall–Kier alpha value is -2.17. The molecule has 2 aromatic carbocycles. The Morgan fingerprint density at radius 2 is 1.65 bits per heavy atom. The molecule has 0 aromatic heterocycles. The van der Waals surface area contributed by atoms with Crippen LogP contribution in [-0.2, 0) is 6.18 Å². The van der Waals surface area contributed by atoms with E-state index in [2.05, 4.69) is 6.07 Å². The molecule has 2 rings (SSSR count). The highest BCUT2D eigenvalue weighted by Gasteiger charge is 2.30. The summed E-state index contributed by atoms with van der Waals surface area (Å²) in [5, 5.41) is 0. The minimum absolute atomic E-state index is 0.224. The van der Waals surface area contributed by atoms with E-state index in [1.54, 1.807) is 24.3 Å². The van der Waals surface area contributed by atoms with Crippen LogP contribution >= 0.6 is 0 Å². The first-order chi connectivity index (χ1) is 9.49. The van der Waals surface area contributed by atoms with Crippen LogP contribution in [0.4, 0.5) is 13.2 Å². The quantitative estimate of drug-likeness (QED) is 0.809. The van der Waals surface area contributed by atoms with E-state index in [-0.39, 0.29) is 5.75 Å². The fourth-order valence-electron chi connectivity index (χ4n) is 1.55. The second kappa shape index (κ2) is 5.86. The summed E-state index contributed by atoms with van der Waals surface area (Å²) in [7, 11) is 0. The Kier molecular flexibility index (Phi) is 4.17. The van der Waals surface area contributed by atoms with E-state index in [0.29, 0.717) is 18.1 Å². The average Bonchev–Trinajstić information content (AvgIpc) is 2.41. The van der Waals surface area contributed by atoms with Crippen LogP contribution in [0.2, 0.25) is 0 Å². The Balaban J connectivity index is 2.06. The number of benzene rings is 2. The van der Waals surface area contributed by atoms with E-state index >= 15 is 0 Å². The molecule has 0 aliphatic heterocycles. The van der Waals surface area contributed by atoms with Crippen molar-refractivity contribution in [3.05, 3.63) is 54.1 Å². The highest BCUT2D eigenvalue weighted by molar-refractivity contribution is 5.36. The Morgan fingerprint density at radius 3 is 2.15 bits per heavy atom. The maximum Gasteiger partial charge on any atom is 0.416 e. The van der Waals surface area contributed by atoms with Crippen molar-refractivity contribution >= 4 is 0 Å². The number of halogens is 3. The molecular formula is C15H12F3O2. The summed E-state index contributed by atoms with van der Waals surface area (Å²) in [6.45, 7) is 2.44. The topological polar surface area (TPSA) is 18.5 Å². The lowest BCUT2D eigenvalue weighted by Crippen LogP contribution is -2.04. The summed E-state index contributed by atoms with van der Waals surface area (Å²) in [6, 6.07) is 12.3. The molecule has 20 heavy (non-hydrogen) atoms. The minimum Gasteiger partial charge on any atom is -0.494 e. The highest BCUT2D eigenvalue weighted by atomic mass is 19.4. The number of ether oxygens (including phenoxy) is 2. The van der Waals surface area contributed by atoms with E-state index in [4.69, 9.17) is 9.47 Å². The van der Waals surface area contributed by atoms with Crippen LogP contribution in [0, 0.1) is 6.07 Å². The first-order valence-corrected chi connectivity index (χ1v) is 5.98. The minimum atomic E-state index is -4.37. The van der Waals surface area contributed by atoms with Crippen molar-refractivity contribution in [1.29, 1.82) is 0 Å². The van der Waals surface area contributed by atoms with Gasteiger partial charge in [-0.25, -0.2) is 0 Å². The summed E-state index contributed by atoms with van der Waals surface area (Å²) < 4.78 is 47.8. The standard InChI is InChI=1S/C15H12F3O2/c1-2-19-12-7-9-14(10-8-12)20-13-5-3-11(4-6-13)15(16,17)18/h3-5,7-10H,2H2,1H3. The summed E-state index contributed by atoms with van der Waals surface area (Å²) in [4.78, 5) is 0. The van der Waals surface area contributed by atoms with Crippen molar-refractivity contribution in [2.75, 3.05) is 6.61 Å². The number of rotatable bonds is 4. The van der Waals surface area contributed by atoms with Gasteiger partial charge >= 0.3 is 6.18 Å². The summed E-state index contributed by atoms with van der Waals surface area (Å²) >= 11 is 0. The van der Waals surface area contributed by atoms with Gasteiger partial charge < -0.3 is 9.47 Å². The molecular weight excluding hydrogens is 269 g/mol. The molecule has 1 radical (unpaired) electrons. The van der Waals surface area contributed by atoms with Crippen molar-refractivity contribution in [3.8, 4) is 17.2 Å². The third-order valence-corrected chi connectivity index (χ3v) is 2.47. The maximum absolute atomic E-state index is 12.4. The van der Waals surface area contributed by atoms with Crippen LogP contribution in [0.5, 0.6) is 17.2 Å². The van der Waals surface area contributed by atoms with Gasteiger partial charge in [-0.2, -0.15) is 13.2 Å². The molecule has 0 atom stereocenters. The lowest BCUT2D eigenvalue weighted by Gasteiger charge is -2.09. The summed E-state index contributed by atoms with van der Waals surface area (Å²) in [5.41, 5.74) is -0.753. The first-order valence-electron chi connectivity index (χ1n) is 5.98. The summed E-state index contributed by atoms with van der Waals surface area (Å²) in [6.07, 6.45) is -4.37. The van der Waals surface area contributed by atoms with E-state index in [1.165, 1.54) is 6.07 Å². The molecule has 0 unspecified atom stereocenters. The van der Waals surface area contributed by atoms with Gasteiger partial charge in [-0.15, -0.1) is 0 Å². The van der Waals surface area contributed by atoms with E-state index in [1.807, 2.05) is 6.92 Å². The molecule has 105 valence electrons. The third kappa shape index (κ3) is 3.66. The van der Waals surface area contributed by atoms with Gasteiger partial charge in [0.05, 0.1) is 12.2 Å². The third-order valence-electron chi connectivity index (χ3n) is 2.47. The number of alkyl halides is 3. The number of hydrogen-bond acceptors (Lipinski definition) is 2. The summed E-state index contributed by atoms with van der Waals surface area (Å²) in [5.74, 6) is 1.43. The van der Waals surface area contributed by atoms with Crippen LogP contribution in [-0.4, -0.2) is 6.61 Å². The van der Waals surface area contributed by atoms with Gasteiger partial charge in [0.2, 0.25) is 0 Å². The SMILES string of the molecule is CCOc1ccc(Oc2[c]cc(C(F)(F)F)cc2)cc1. The van der Waals surface area contributed by atoms with Crippen molar-refractivity contribution < 1.29 is 22.6 Å². The second-order valence-electron chi connectivity index (χ2n) is 3.95. The van der Waals surface area contributed by atoms with E-state index in [0.717, 1.165) is 12.1 Å². The molecule has 0 saturated carbocycles. The second-order valence-corrected chi connectivity index (χ2v) is 3.95. The molecule has 5 heteroatoms. The Morgan fingerprint density at radius 1 is 1.00 bits per heavy atom. The van der Waals surface area contributed by atoms with Crippen molar-refractivity contribution in [1.82, 2.24) is 0 Å². The monoisotopic (exact) mass is 281 g/mol. The molecule has 0 aliphatic carbocycles. The fraction of sp³-hybridized carbons (Fsp3) is 0.200. The van der Waals surface area contributed by atoms with Crippen molar-refractivity contribution in [3.63, 3.8) is 0 Å². The lowest BCUT2D eigenvalue weighted by molar-refractivity contribution is -0.137. The molecule has 0 spiro atoms. The van der Waals surface area contributed by atoms with Crippen LogP contribution in [0.15, 0.2) is 42.5 Å².